The fourth-order valence-electron chi connectivity index (χ4n) is 2.93. The molecule has 1 aliphatic heterocycles. The molecule has 2 rings (SSSR count). The van der Waals surface area contributed by atoms with E-state index in [2.05, 4.69) is 11.8 Å². The minimum Gasteiger partial charge on any atom is -0.396 e. The van der Waals surface area contributed by atoms with Gasteiger partial charge in [0.2, 0.25) is 0 Å². The summed E-state index contributed by atoms with van der Waals surface area (Å²) in [5.41, 5.74) is -0.247. The highest BCUT2D eigenvalue weighted by Gasteiger charge is 2.32. The number of aliphatic hydroxyl groups is 1. The second-order valence-corrected chi connectivity index (χ2v) is 6.03. The molecule has 122 valence electrons. The van der Waals surface area contributed by atoms with Crippen molar-refractivity contribution in [2.45, 2.75) is 32.7 Å². The zero-order valence-electron chi connectivity index (χ0n) is 12.9. The van der Waals surface area contributed by atoms with Gasteiger partial charge in [-0.1, -0.05) is 6.92 Å². The molecule has 1 N–H and O–H groups in total. The first-order chi connectivity index (χ1) is 10.5. The van der Waals surface area contributed by atoms with Gasteiger partial charge in [-0.3, -0.25) is 14.9 Å². The van der Waals surface area contributed by atoms with E-state index in [0.29, 0.717) is 13.1 Å². The Balaban J connectivity index is 1.93. The predicted molar refractivity (Wildman–Crippen MR) is 82.8 cm³/mol. The van der Waals surface area contributed by atoms with Crippen LogP contribution in [0.4, 0.5) is 5.69 Å². The van der Waals surface area contributed by atoms with Crippen LogP contribution in [0.25, 0.3) is 0 Å². The van der Waals surface area contributed by atoms with E-state index in [1.165, 1.54) is 22.9 Å². The van der Waals surface area contributed by atoms with Crippen molar-refractivity contribution in [1.82, 2.24) is 9.47 Å². The minimum atomic E-state index is -0.492. The molecule has 1 saturated heterocycles. The third-order valence-electron chi connectivity index (χ3n) is 4.84. The van der Waals surface area contributed by atoms with E-state index in [-0.39, 0.29) is 23.3 Å². The van der Waals surface area contributed by atoms with Crippen molar-refractivity contribution in [1.29, 1.82) is 0 Å². The summed E-state index contributed by atoms with van der Waals surface area (Å²) in [4.78, 5) is 24.3. The van der Waals surface area contributed by atoms with Gasteiger partial charge in [0.1, 0.15) is 0 Å². The highest BCUT2D eigenvalue weighted by molar-refractivity contribution is 5.24. The molecule has 1 aliphatic rings. The first-order valence-corrected chi connectivity index (χ1v) is 7.68. The molecule has 0 aromatic carbocycles. The van der Waals surface area contributed by atoms with Crippen LogP contribution in [-0.4, -0.2) is 45.7 Å². The van der Waals surface area contributed by atoms with Gasteiger partial charge < -0.3 is 14.6 Å². The van der Waals surface area contributed by atoms with Crippen molar-refractivity contribution in [2.75, 3.05) is 26.2 Å². The molecule has 1 aromatic rings. The number of likely N-dealkylation sites (tertiary alicyclic amines) is 1. The molecule has 2 heterocycles. The molecule has 0 bridgehead atoms. The Morgan fingerprint density at radius 1 is 1.32 bits per heavy atom. The molecule has 0 amide bonds. The third-order valence-corrected chi connectivity index (χ3v) is 4.84. The molecule has 22 heavy (non-hydrogen) atoms. The number of nitro groups is 1. The van der Waals surface area contributed by atoms with Crippen LogP contribution in [0.2, 0.25) is 0 Å². The van der Waals surface area contributed by atoms with E-state index >= 15 is 0 Å². The van der Waals surface area contributed by atoms with Gasteiger partial charge in [-0.25, -0.2) is 0 Å². The van der Waals surface area contributed by atoms with Gasteiger partial charge in [-0.2, -0.15) is 0 Å². The maximum Gasteiger partial charge on any atom is 0.285 e. The van der Waals surface area contributed by atoms with Gasteiger partial charge in [0.25, 0.3) is 11.2 Å². The SMILES string of the molecule is CCC1(CO)CCN(CCn2cc([N+](=O)[O-])ccc2=O)CC1. The molecule has 7 nitrogen and oxygen atoms in total. The summed E-state index contributed by atoms with van der Waals surface area (Å²) >= 11 is 0. The zero-order valence-corrected chi connectivity index (χ0v) is 12.9. The van der Waals surface area contributed by atoms with Gasteiger partial charge in [0, 0.05) is 31.8 Å². The van der Waals surface area contributed by atoms with E-state index in [1.807, 2.05) is 0 Å². The monoisotopic (exact) mass is 309 g/mol. The van der Waals surface area contributed by atoms with Crippen molar-refractivity contribution in [3.63, 3.8) is 0 Å². The van der Waals surface area contributed by atoms with Crippen LogP contribution in [-0.2, 0) is 6.54 Å². The Bertz CT molecular complexity index is 570. The summed E-state index contributed by atoms with van der Waals surface area (Å²) in [7, 11) is 0. The van der Waals surface area contributed by atoms with Crippen LogP contribution in [0.3, 0.4) is 0 Å². The van der Waals surface area contributed by atoms with Crippen molar-refractivity contribution in [3.05, 3.63) is 38.8 Å². The van der Waals surface area contributed by atoms with Crippen molar-refractivity contribution < 1.29 is 10.0 Å². The second-order valence-electron chi connectivity index (χ2n) is 6.03. The summed E-state index contributed by atoms with van der Waals surface area (Å²) in [6.45, 7) is 5.23. The van der Waals surface area contributed by atoms with Gasteiger partial charge in [-0.15, -0.1) is 0 Å². The van der Waals surface area contributed by atoms with E-state index in [1.54, 1.807) is 0 Å². The molecule has 0 radical (unpaired) electrons. The zero-order chi connectivity index (χ0) is 16.2. The Hall–Kier alpha value is -1.73. The lowest BCUT2D eigenvalue weighted by atomic mass is 9.77. The lowest BCUT2D eigenvalue weighted by molar-refractivity contribution is -0.385. The number of rotatable bonds is 6. The first-order valence-electron chi connectivity index (χ1n) is 7.68. The van der Waals surface area contributed by atoms with Crippen LogP contribution in [0.15, 0.2) is 23.1 Å². The summed E-state index contributed by atoms with van der Waals surface area (Å²) in [6.07, 6.45) is 4.17. The van der Waals surface area contributed by atoms with Gasteiger partial charge in [-0.05, 0) is 37.8 Å². The summed E-state index contributed by atoms with van der Waals surface area (Å²) in [6, 6.07) is 2.47. The molecular weight excluding hydrogens is 286 g/mol. The maximum atomic E-state index is 11.8. The fraction of sp³-hybridized carbons (Fsp3) is 0.667. The predicted octanol–water partition coefficient (Wildman–Crippen LogP) is 1.24. The molecular formula is C15H23N3O4. The van der Waals surface area contributed by atoms with E-state index < -0.39 is 4.92 Å². The average molecular weight is 309 g/mol. The second kappa shape index (κ2) is 7.02. The van der Waals surface area contributed by atoms with Crippen molar-refractivity contribution >= 4 is 5.69 Å². The van der Waals surface area contributed by atoms with Crippen LogP contribution < -0.4 is 5.56 Å². The molecule has 0 unspecified atom stereocenters. The van der Waals surface area contributed by atoms with Crippen LogP contribution in [0, 0.1) is 15.5 Å². The smallest absolute Gasteiger partial charge is 0.285 e. The molecule has 0 spiro atoms. The summed E-state index contributed by atoms with van der Waals surface area (Å²) in [5.74, 6) is 0. The van der Waals surface area contributed by atoms with Gasteiger partial charge in [0.05, 0.1) is 11.1 Å². The topological polar surface area (TPSA) is 88.6 Å². The Morgan fingerprint density at radius 3 is 2.55 bits per heavy atom. The number of nitrogens with zero attached hydrogens (tertiary/aromatic N) is 3. The van der Waals surface area contributed by atoms with E-state index in [4.69, 9.17) is 0 Å². The van der Waals surface area contributed by atoms with Crippen LogP contribution in [0.1, 0.15) is 26.2 Å². The standard InChI is InChI=1S/C15H23N3O4/c1-2-15(12-19)5-7-16(8-6-15)9-10-17-11-13(18(21)22)3-4-14(17)20/h3-4,11,19H,2,5-10,12H2,1H3. The number of aliphatic hydroxyl groups excluding tert-OH is 1. The number of piperidine rings is 1. The maximum absolute atomic E-state index is 11.8. The highest BCUT2D eigenvalue weighted by atomic mass is 16.6. The minimum absolute atomic E-state index is 0.0405. The largest absolute Gasteiger partial charge is 0.396 e. The van der Waals surface area contributed by atoms with Gasteiger partial charge >= 0.3 is 0 Å². The number of aromatic nitrogens is 1. The van der Waals surface area contributed by atoms with Crippen molar-refractivity contribution in [3.8, 4) is 0 Å². The van der Waals surface area contributed by atoms with E-state index in [9.17, 15) is 20.0 Å². The Morgan fingerprint density at radius 2 is 2.00 bits per heavy atom. The van der Waals surface area contributed by atoms with Crippen LogP contribution in [0.5, 0.6) is 0 Å². The lowest BCUT2D eigenvalue weighted by Crippen LogP contribution is -2.43. The lowest BCUT2D eigenvalue weighted by Gasteiger charge is -2.40. The number of hydrogen-bond donors (Lipinski definition) is 1. The molecule has 1 fully saturated rings. The fourth-order valence-corrected chi connectivity index (χ4v) is 2.93. The quantitative estimate of drug-likeness (QED) is 0.631. The van der Waals surface area contributed by atoms with Crippen molar-refractivity contribution in [2.24, 2.45) is 5.41 Å². The summed E-state index contributed by atoms with van der Waals surface area (Å²) < 4.78 is 1.39. The van der Waals surface area contributed by atoms with Crippen LogP contribution >= 0.6 is 0 Å². The first kappa shape index (κ1) is 16.6. The Kier molecular flexibility index (Phi) is 5.31. The van der Waals surface area contributed by atoms with E-state index in [0.717, 1.165) is 32.4 Å². The molecule has 0 aliphatic carbocycles. The number of pyridine rings is 1. The normalized spacial score (nSPS) is 18.3. The molecule has 7 heteroatoms. The Labute approximate surface area is 129 Å². The van der Waals surface area contributed by atoms with Gasteiger partial charge in [0.15, 0.2) is 0 Å². The molecule has 0 atom stereocenters. The summed E-state index contributed by atoms with van der Waals surface area (Å²) in [5, 5.41) is 20.3. The number of hydrogen-bond acceptors (Lipinski definition) is 5. The highest BCUT2D eigenvalue weighted by Crippen LogP contribution is 2.33. The third kappa shape index (κ3) is 3.72. The molecule has 1 aromatic heterocycles. The molecule has 0 saturated carbocycles. The average Bonchev–Trinajstić information content (AvgIpc) is 2.54.